The van der Waals surface area contributed by atoms with Gasteiger partial charge in [-0.2, -0.15) is 5.26 Å². The van der Waals surface area contributed by atoms with E-state index in [-0.39, 0.29) is 0 Å². The van der Waals surface area contributed by atoms with Gasteiger partial charge in [0.2, 0.25) is 0 Å². The SMILES string of the molecule is C=Cc1ccccc1C=C(C)C#N. The highest BCUT2D eigenvalue weighted by atomic mass is 14.2. The van der Waals surface area contributed by atoms with E-state index in [9.17, 15) is 0 Å². The second-order valence-corrected chi connectivity index (χ2v) is 2.77. The minimum Gasteiger partial charge on any atom is -0.193 e. The summed E-state index contributed by atoms with van der Waals surface area (Å²) in [4.78, 5) is 0. The lowest BCUT2D eigenvalue weighted by Crippen LogP contribution is -1.79. The van der Waals surface area contributed by atoms with E-state index in [1.807, 2.05) is 30.3 Å². The lowest BCUT2D eigenvalue weighted by molar-refractivity contribution is 1.45. The van der Waals surface area contributed by atoms with E-state index in [1.165, 1.54) is 0 Å². The monoisotopic (exact) mass is 169 g/mol. The predicted octanol–water partition coefficient (Wildman–Crippen LogP) is 3.26. The number of rotatable bonds is 2. The van der Waals surface area contributed by atoms with Gasteiger partial charge in [-0.15, -0.1) is 0 Å². The van der Waals surface area contributed by atoms with Crippen LogP contribution in [0.2, 0.25) is 0 Å². The minimum absolute atomic E-state index is 0.703. The Morgan fingerprint density at radius 1 is 1.38 bits per heavy atom. The average Bonchev–Trinajstić information content (AvgIpc) is 2.18. The molecule has 0 unspecified atom stereocenters. The summed E-state index contributed by atoms with van der Waals surface area (Å²) in [6.45, 7) is 5.50. The first-order valence-corrected chi connectivity index (χ1v) is 4.08. The molecule has 0 saturated carbocycles. The van der Waals surface area contributed by atoms with Crippen molar-refractivity contribution in [3.8, 4) is 6.07 Å². The van der Waals surface area contributed by atoms with Crippen molar-refractivity contribution >= 4 is 12.2 Å². The summed E-state index contributed by atoms with van der Waals surface area (Å²) in [5.74, 6) is 0. The molecule has 0 radical (unpaired) electrons. The molecule has 0 amide bonds. The van der Waals surface area contributed by atoms with Crippen LogP contribution < -0.4 is 0 Å². The van der Waals surface area contributed by atoms with Gasteiger partial charge < -0.3 is 0 Å². The van der Waals surface area contributed by atoms with Crippen LogP contribution in [0.5, 0.6) is 0 Å². The number of nitrogens with zero attached hydrogens (tertiary/aromatic N) is 1. The molecule has 1 aromatic rings. The molecule has 0 fully saturated rings. The number of hydrogen-bond donors (Lipinski definition) is 0. The number of benzene rings is 1. The summed E-state index contributed by atoms with van der Waals surface area (Å²) in [5, 5.41) is 8.62. The molecule has 0 aliphatic heterocycles. The molecule has 0 N–H and O–H groups in total. The van der Waals surface area contributed by atoms with Crippen molar-refractivity contribution in [1.29, 1.82) is 5.26 Å². The van der Waals surface area contributed by atoms with E-state index in [4.69, 9.17) is 5.26 Å². The fourth-order valence-corrected chi connectivity index (χ4v) is 1.09. The Morgan fingerprint density at radius 2 is 2.00 bits per heavy atom. The summed E-state index contributed by atoms with van der Waals surface area (Å²) < 4.78 is 0. The normalized spacial score (nSPS) is 10.6. The summed E-state index contributed by atoms with van der Waals surface area (Å²) in [6, 6.07) is 9.94. The molecular formula is C12H11N. The highest BCUT2D eigenvalue weighted by Gasteiger charge is 1.94. The van der Waals surface area contributed by atoms with Crippen molar-refractivity contribution < 1.29 is 0 Å². The van der Waals surface area contributed by atoms with E-state index in [1.54, 1.807) is 13.0 Å². The van der Waals surface area contributed by atoms with Gasteiger partial charge in [-0.3, -0.25) is 0 Å². The van der Waals surface area contributed by atoms with Gasteiger partial charge in [0.25, 0.3) is 0 Å². The Bertz CT molecular complexity index is 380. The third kappa shape index (κ3) is 2.31. The zero-order valence-electron chi connectivity index (χ0n) is 7.62. The van der Waals surface area contributed by atoms with Crippen LogP contribution in [0, 0.1) is 11.3 Å². The summed E-state index contributed by atoms with van der Waals surface area (Å²) >= 11 is 0. The van der Waals surface area contributed by atoms with E-state index < -0.39 is 0 Å². The first-order chi connectivity index (χ1) is 6.27. The molecule has 0 aromatic heterocycles. The van der Waals surface area contributed by atoms with Gasteiger partial charge in [0.1, 0.15) is 0 Å². The van der Waals surface area contributed by atoms with Crippen LogP contribution in [-0.2, 0) is 0 Å². The Hall–Kier alpha value is -1.81. The van der Waals surface area contributed by atoms with Gasteiger partial charge in [-0.1, -0.05) is 36.9 Å². The Balaban J connectivity index is 3.16. The predicted molar refractivity (Wildman–Crippen MR) is 55.8 cm³/mol. The molecule has 1 nitrogen and oxygen atoms in total. The summed E-state index contributed by atoms with van der Waals surface area (Å²) in [7, 11) is 0. The van der Waals surface area contributed by atoms with Crippen LogP contribution in [0.3, 0.4) is 0 Å². The zero-order chi connectivity index (χ0) is 9.68. The van der Waals surface area contributed by atoms with Gasteiger partial charge in [-0.05, 0) is 24.1 Å². The van der Waals surface area contributed by atoms with Gasteiger partial charge in [0.15, 0.2) is 0 Å². The zero-order valence-corrected chi connectivity index (χ0v) is 7.62. The van der Waals surface area contributed by atoms with E-state index in [0.717, 1.165) is 11.1 Å². The van der Waals surface area contributed by atoms with Gasteiger partial charge in [0, 0.05) is 5.57 Å². The van der Waals surface area contributed by atoms with Crippen LogP contribution in [-0.4, -0.2) is 0 Å². The first-order valence-electron chi connectivity index (χ1n) is 4.08. The van der Waals surface area contributed by atoms with Crippen molar-refractivity contribution in [3.05, 3.63) is 47.5 Å². The van der Waals surface area contributed by atoms with Crippen LogP contribution in [0.4, 0.5) is 0 Å². The maximum atomic E-state index is 8.62. The van der Waals surface area contributed by atoms with E-state index >= 15 is 0 Å². The maximum Gasteiger partial charge on any atom is 0.0944 e. The van der Waals surface area contributed by atoms with Crippen LogP contribution in [0.15, 0.2) is 36.4 Å². The second-order valence-electron chi connectivity index (χ2n) is 2.77. The Morgan fingerprint density at radius 3 is 2.54 bits per heavy atom. The van der Waals surface area contributed by atoms with E-state index in [2.05, 4.69) is 12.6 Å². The molecule has 0 atom stereocenters. The Labute approximate surface area is 78.6 Å². The van der Waals surface area contributed by atoms with Crippen molar-refractivity contribution in [2.75, 3.05) is 0 Å². The number of allylic oxidation sites excluding steroid dienone is 1. The highest BCUT2D eigenvalue weighted by Crippen LogP contribution is 2.13. The maximum absolute atomic E-state index is 8.62. The molecule has 1 heteroatoms. The standard InChI is InChI=1S/C12H11N/c1-3-11-6-4-5-7-12(11)8-10(2)9-13/h3-8H,1H2,2H3. The number of nitriles is 1. The molecule has 0 saturated heterocycles. The van der Waals surface area contributed by atoms with Gasteiger partial charge in [0.05, 0.1) is 6.07 Å². The average molecular weight is 169 g/mol. The highest BCUT2D eigenvalue weighted by molar-refractivity contribution is 5.67. The topological polar surface area (TPSA) is 23.8 Å². The molecule has 0 heterocycles. The van der Waals surface area contributed by atoms with Crippen molar-refractivity contribution in [2.24, 2.45) is 0 Å². The second kappa shape index (κ2) is 4.27. The fraction of sp³-hybridized carbons (Fsp3) is 0.0833. The van der Waals surface area contributed by atoms with Crippen LogP contribution in [0.1, 0.15) is 18.1 Å². The molecule has 1 aromatic carbocycles. The first kappa shape index (κ1) is 9.28. The molecule has 0 spiro atoms. The van der Waals surface area contributed by atoms with Gasteiger partial charge in [-0.25, -0.2) is 0 Å². The lowest BCUT2D eigenvalue weighted by Gasteiger charge is -1.99. The minimum atomic E-state index is 0.703. The smallest absolute Gasteiger partial charge is 0.0944 e. The van der Waals surface area contributed by atoms with Crippen LogP contribution in [0.25, 0.3) is 12.2 Å². The summed E-state index contributed by atoms with van der Waals surface area (Å²) in [5.41, 5.74) is 2.79. The molecule has 13 heavy (non-hydrogen) atoms. The third-order valence-corrected chi connectivity index (χ3v) is 1.76. The number of hydrogen-bond acceptors (Lipinski definition) is 1. The lowest BCUT2D eigenvalue weighted by atomic mass is 10.1. The van der Waals surface area contributed by atoms with Crippen molar-refractivity contribution in [3.63, 3.8) is 0 Å². The molecular weight excluding hydrogens is 158 g/mol. The molecule has 0 bridgehead atoms. The largest absolute Gasteiger partial charge is 0.193 e. The molecule has 0 aliphatic rings. The van der Waals surface area contributed by atoms with Gasteiger partial charge >= 0.3 is 0 Å². The van der Waals surface area contributed by atoms with E-state index in [0.29, 0.717) is 5.57 Å². The molecule has 1 rings (SSSR count). The fourth-order valence-electron chi connectivity index (χ4n) is 1.09. The third-order valence-electron chi connectivity index (χ3n) is 1.76. The molecule has 0 aliphatic carbocycles. The van der Waals surface area contributed by atoms with Crippen molar-refractivity contribution in [2.45, 2.75) is 6.92 Å². The van der Waals surface area contributed by atoms with Crippen molar-refractivity contribution in [1.82, 2.24) is 0 Å². The van der Waals surface area contributed by atoms with Crippen LogP contribution >= 0.6 is 0 Å². The summed E-state index contributed by atoms with van der Waals surface area (Å²) in [6.07, 6.45) is 3.65. The molecule has 64 valence electrons. The quantitative estimate of drug-likeness (QED) is 0.623. The Kier molecular flexibility index (Phi) is 3.05.